The van der Waals surface area contributed by atoms with Gasteiger partial charge in [0, 0.05) is 12.6 Å². The molecule has 0 saturated carbocycles. The molecule has 0 spiro atoms. The van der Waals surface area contributed by atoms with Crippen LogP contribution < -0.4 is 0 Å². The smallest absolute Gasteiger partial charge is 0.307 e. The fourth-order valence-electron chi connectivity index (χ4n) is 2.90. The van der Waals surface area contributed by atoms with Crippen LogP contribution in [0.5, 0.6) is 0 Å². The highest BCUT2D eigenvalue weighted by atomic mass is 32.2. The number of carboxylic acid groups (broad SMARTS) is 1. The second-order valence-corrected chi connectivity index (χ2v) is 7.72. The number of carbonyl (C=O) groups excluding carboxylic acids is 1. The summed E-state index contributed by atoms with van der Waals surface area (Å²) in [5, 5.41) is 9.20. The van der Waals surface area contributed by atoms with E-state index in [0.29, 0.717) is 12.8 Å². The van der Waals surface area contributed by atoms with Crippen LogP contribution in [0.2, 0.25) is 0 Å². The number of allylic oxidation sites excluding steroid dienone is 2. The summed E-state index contributed by atoms with van der Waals surface area (Å²) >= 11 is 0. The van der Waals surface area contributed by atoms with E-state index in [4.69, 9.17) is 0 Å². The zero-order chi connectivity index (χ0) is 14.9. The fourth-order valence-corrected chi connectivity index (χ4v) is 4.46. The first-order chi connectivity index (χ1) is 9.32. The molecule has 1 aliphatic carbocycles. The number of amides is 1. The standard InChI is InChI=1S/C13H19NO5S/c1-9-8-20(18,19)7-6-14(9)12(15)10-4-2-3-5-11(10)13(16)17/h2-3,9-11H,4-8H2,1H3,(H,16,17)/t9?,10-,11+/m1/s1. The van der Waals surface area contributed by atoms with Gasteiger partial charge >= 0.3 is 5.97 Å². The highest BCUT2D eigenvalue weighted by molar-refractivity contribution is 7.91. The van der Waals surface area contributed by atoms with Crippen LogP contribution in [0.1, 0.15) is 19.8 Å². The number of carboxylic acids is 1. The molecule has 6 nitrogen and oxygen atoms in total. The van der Waals surface area contributed by atoms with Crippen molar-refractivity contribution in [1.82, 2.24) is 4.90 Å². The third-order valence-electron chi connectivity index (χ3n) is 4.02. The summed E-state index contributed by atoms with van der Waals surface area (Å²) in [7, 11) is -3.08. The van der Waals surface area contributed by atoms with Crippen molar-refractivity contribution in [3.8, 4) is 0 Å². The number of aliphatic carboxylic acids is 1. The summed E-state index contributed by atoms with van der Waals surface area (Å²) in [6, 6.07) is -0.387. The van der Waals surface area contributed by atoms with E-state index in [1.165, 1.54) is 4.90 Å². The van der Waals surface area contributed by atoms with Gasteiger partial charge in [-0.2, -0.15) is 0 Å². The number of nitrogens with zero attached hydrogens (tertiary/aromatic N) is 1. The second-order valence-electron chi connectivity index (χ2n) is 5.49. The zero-order valence-electron chi connectivity index (χ0n) is 11.4. The van der Waals surface area contributed by atoms with Crippen LogP contribution in [0, 0.1) is 11.8 Å². The molecule has 1 N–H and O–H groups in total. The van der Waals surface area contributed by atoms with Crippen LogP contribution in [-0.2, 0) is 19.4 Å². The molecule has 1 heterocycles. The number of rotatable bonds is 2. The summed E-state index contributed by atoms with van der Waals surface area (Å²) in [5.74, 6) is -2.57. The maximum Gasteiger partial charge on any atom is 0.307 e. The largest absolute Gasteiger partial charge is 0.481 e. The quantitative estimate of drug-likeness (QED) is 0.741. The van der Waals surface area contributed by atoms with Gasteiger partial charge in [-0.3, -0.25) is 9.59 Å². The minimum atomic E-state index is -3.08. The topological polar surface area (TPSA) is 91.8 Å². The van der Waals surface area contributed by atoms with Gasteiger partial charge in [-0.05, 0) is 19.8 Å². The third-order valence-corrected chi connectivity index (χ3v) is 5.82. The summed E-state index contributed by atoms with van der Waals surface area (Å²) in [4.78, 5) is 25.3. The molecule has 2 aliphatic rings. The van der Waals surface area contributed by atoms with Crippen LogP contribution in [0.25, 0.3) is 0 Å². The lowest BCUT2D eigenvalue weighted by molar-refractivity contribution is -0.151. The molecule has 20 heavy (non-hydrogen) atoms. The molecule has 2 rings (SSSR count). The lowest BCUT2D eigenvalue weighted by Gasteiger charge is -2.37. The van der Waals surface area contributed by atoms with E-state index >= 15 is 0 Å². The Morgan fingerprint density at radius 1 is 1.20 bits per heavy atom. The lowest BCUT2D eigenvalue weighted by Crippen LogP contribution is -2.53. The van der Waals surface area contributed by atoms with Crippen molar-refractivity contribution in [1.29, 1.82) is 0 Å². The van der Waals surface area contributed by atoms with E-state index in [0.717, 1.165) is 0 Å². The molecule has 1 amide bonds. The summed E-state index contributed by atoms with van der Waals surface area (Å²) < 4.78 is 23.1. The molecule has 112 valence electrons. The van der Waals surface area contributed by atoms with Gasteiger partial charge in [-0.1, -0.05) is 12.2 Å². The van der Waals surface area contributed by atoms with Crippen LogP contribution in [0.15, 0.2) is 12.2 Å². The number of carbonyl (C=O) groups is 2. The van der Waals surface area contributed by atoms with Crippen molar-refractivity contribution in [3.63, 3.8) is 0 Å². The van der Waals surface area contributed by atoms with Gasteiger partial charge in [-0.25, -0.2) is 8.42 Å². The maximum atomic E-state index is 12.5. The Balaban J connectivity index is 2.14. The van der Waals surface area contributed by atoms with Crippen molar-refractivity contribution < 1.29 is 23.1 Å². The van der Waals surface area contributed by atoms with E-state index in [1.807, 2.05) is 6.08 Å². The minimum absolute atomic E-state index is 0.0383. The molecule has 1 fully saturated rings. The molecule has 1 unspecified atom stereocenters. The molecule has 0 aromatic carbocycles. The summed E-state index contributed by atoms with van der Waals surface area (Å²) in [6.07, 6.45) is 4.37. The Morgan fingerprint density at radius 2 is 1.80 bits per heavy atom. The van der Waals surface area contributed by atoms with Gasteiger partial charge in [0.05, 0.1) is 23.3 Å². The third kappa shape index (κ3) is 3.03. The summed E-state index contributed by atoms with van der Waals surface area (Å²) in [5.41, 5.74) is 0. The van der Waals surface area contributed by atoms with Crippen LogP contribution in [0.4, 0.5) is 0 Å². The predicted octanol–water partition coefficient (Wildman–Crippen LogP) is 0.299. The number of hydrogen-bond acceptors (Lipinski definition) is 4. The van der Waals surface area contributed by atoms with Gasteiger partial charge < -0.3 is 10.0 Å². The van der Waals surface area contributed by atoms with Gasteiger partial charge in [-0.15, -0.1) is 0 Å². The summed E-state index contributed by atoms with van der Waals surface area (Å²) in [6.45, 7) is 1.86. The molecular weight excluding hydrogens is 282 g/mol. The van der Waals surface area contributed by atoms with Crippen molar-refractivity contribution in [3.05, 3.63) is 12.2 Å². The molecule has 1 aliphatic heterocycles. The van der Waals surface area contributed by atoms with Crippen LogP contribution in [0.3, 0.4) is 0 Å². The maximum absolute atomic E-state index is 12.5. The van der Waals surface area contributed by atoms with Crippen molar-refractivity contribution in [2.45, 2.75) is 25.8 Å². The van der Waals surface area contributed by atoms with E-state index in [9.17, 15) is 23.1 Å². The average molecular weight is 301 g/mol. The molecule has 1 saturated heterocycles. The van der Waals surface area contributed by atoms with E-state index < -0.39 is 27.6 Å². The van der Waals surface area contributed by atoms with Gasteiger partial charge in [0.25, 0.3) is 0 Å². The zero-order valence-corrected chi connectivity index (χ0v) is 12.2. The number of hydrogen-bond donors (Lipinski definition) is 1. The average Bonchev–Trinajstić information content (AvgIpc) is 2.37. The molecule has 0 aromatic rings. The minimum Gasteiger partial charge on any atom is -0.481 e. The molecule has 0 bridgehead atoms. The molecule has 3 atom stereocenters. The van der Waals surface area contributed by atoms with Gasteiger partial charge in [0.2, 0.25) is 5.91 Å². The van der Waals surface area contributed by atoms with Gasteiger partial charge in [0.1, 0.15) is 0 Å². The Hall–Kier alpha value is -1.37. The normalized spacial score (nSPS) is 32.9. The van der Waals surface area contributed by atoms with E-state index in [1.54, 1.807) is 13.0 Å². The van der Waals surface area contributed by atoms with Crippen LogP contribution in [-0.4, -0.2) is 54.4 Å². The first kappa shape index (κ1) is 15.0. The molecule has 7 heteroatoms. The molecule has 0 aromatic heterocycles. The number of sulfone groups is 1. The Labute approximate surface area is 118 Å². The van der Waals surface area contributed by atoms with Gasteiger partial charge in [0.15, 0.2) is 9.84 Å². The lowest BCUT2D eigenvalue weighted by atomic mass is 9.82. The first-order valence-corrected chi connectivity index (χ1v) is 8.52. The van der Waals surface area contributed by atoms with Crippen molar-refractivity contribution in [2.75, 3.05) is 18.1 Å². The van der Waals surface area contributed by atoms with Crippen LogP contribution >= 0.6 is 0 Å². The Morgan fingerprint density at radius 3 is 2.35 bits per heavy atom. The Kier molecular flexibility index (Phi) is 4.17. The van der Waals surface area contributed by atoms with E-state index in [2.05, 4.69) is 0 Å². The first-order valence-electron chi connectivity index (χ1n) is 6.70. The molecule has 0 radical (unpaired) electrons. The van der Waals surface area contributed by atoms with Crippen molar-refractivity contribution in [2.24, 2.45) is 11.8 Å². The SMILES string of the molecule is CC1CS(=O)(=O)CCN1C(=O)[C@@H]1CC=CC[C@@H]1C(=O)O. The van der Waals surface area contributed by atoms with E-state index in [-0.39, 0.29) is 30.0 Å². The highest BCUT2D eigenvalue weighted by Crippen LogP contribution is 2.29. The van der Waals surface area contributed by atoms with Crippen molar-refractivity contribution >= 4 is 21.7 Å². The monoisotopic (exact) mass is 301 g/mol. The highest BCUT2D eigenvalue weighted by Gasteiger charge is 2.40. The molecular formula is C13H19NO5S. The second kappa shape index (κ2) is 5.55. The predicted molar refractivity (Wildman–Crippen MR) is 72.8 cm³/mol. The fraction of sp³-hybridized carbons (Fsp3) is 0.692. The Bertz CT molecular complexity index is 539.